The Morgan fingerprint density at radius 3 is 2.78 bits per heavy atom. The van der Waals surface area contributed by atoms with Crippen LogP contribution < -0.4 is 16.4 Å². The highest BCUT2D eigenvalue weighted by Gasteiger charge is 2.14. The smallest absolute Gasteiger partial charge is 0.263 e. The molecule has 0 spiro atoms. The second kappa shape index (κ2) is 7.06. The number of thiophene rings is 1. The number of hydrogen-bond donors (Lipinski definition) is 3. The lowest BCUT2D eigenvalue weighted by molar-refractivity contribution is 0.0963. The molecule has 0 saturated heterocycles. The molecule has 0 aliphatic heterocycles. The summed E-state index contributed by atoms with van der Waals surface area (Å²) in [6.07, 6.45) is 3.74. The van der Waals surface area contributed by atoms with Crippen molar-refractivity contribution in [2.75, 3.05) is 17.6 Å². The second-order valence-electron chi connectivity index (χ2n) is 4.05. The first-order valence-corrected chi connectivity index (χ1v) is 6.98. The number of carbonyl (C=O) groups is 1. The van der Waals surface area contributed by atoms with Gasteiger partial charge in [0.25, 0.3) is 5.91 Å². The van der Waals surface area contributed by atoms with Crippen LogP contribution >= 0.6 is 11.3 Å². The molecular weight excluding hydrogens is 246 g/mol. The van der Waals surface area contributed by atoms with Crippen LogP contribution in [-0.4, -0.2) is 18.5 Å². The third kappa shape index (κ3) is 3.77. The normalized spacial score (nSPS) is 10.4. The fourth-order valence-electron chi connectivity index (χ4n) is 1.59. The van der Waals surface area contributed by atoms with E-state index in [1.807, 2.05) is 6.07 Å². The number of amides is 1. The number of nitrogens with one attached hydrogen (secondary N) is 2. The highest BCUT2D eigenvalue weighted by Crippen LogP contribution is 2.30. The molecule has 4 N–H and O–H groups in total. The molecule has 1 amide bonds. The van der Waals surface area contributed by atoms with Crippen molar-refractivity contribution in [1.82, 2.24) is 5.32 Å². The Bertz CT molecular complexity index is 410. The van der Waals surface area contributed by atoms with Gasteiger partial charge in [0.05, 0.1) is 10.7 Å². The molecule has 100 valence electrons. The molecule has 0 fully saturated rings. The van der Waals surface area contributed by atoms with Crippen molar-refractivity contribution in [1.29, 1.82) is 0 Å². The third-order valence-corrected chi connectivity index (χ3v) is 3.79. The number of carbonyl (C=O) groups excluding carboxylic acids is 1. The van der Waals surface area contributed by atoms with Gasteiger partial charge in [0.2, 0.25) is 0 Å². The van der Waals surface area contributed by atoms with Crippen LogP contribution in [0.25, 0.3) is 0 Å². The summed E-state index contributed by atoms with van der Waals surface area (Å²) in [7, 11) is 0. The summed E-state index contributed by atoms with van der Waals surface area (Å²) in [5.74, 6) is -0.144. The Labute approximate surface area is 112 Å². The number of anilines is 2. The van der Waals surface area contributed by atoms with Gasteiger partial charge in [0.15, 0.2) is 0 Å². The average Bonchev–Trinajstić information content (AvgIpc) is 2.74. The lowest BCUT2D eigenvalue weighted by Crippen LogP contribution is -2.22. The van der Waals surface area contributed by atoms with Crippen LogP contribution in [0.4, 0.5) is 10.7 Å². The minimum atomic E-state index is -0.144. The first-order chi connectivity index (χ1) is 8.62. The van der Waals surface area contributed by atoms with Gasteiger partial charge in [-0.05, 0) is 18.9 Å². The zero-order chi connectivity index (χ0) is 13.5. The third-order valence-electron chi connectivity index (χ3n) is 2.71. The first kappa shape index (κ1) is 14.6. The highest BCUT2D eigenvalue weighted by molar-refractivity contribution is 7.18. The first-order valence-electron chi connectivity index (χ1n) is 6.17. The van der Waals surface area contributed by atoms with Crippen molar-refractivity contribution in [2.45, 2.75) is 32.7 Å². The molecule has 0 atom stereocenters. The number of rotatable bonds is 7. The van der Waals surface area contributed by atoms with E-state index in [0.29, 0.717) is 23.2 Å². The molecule has 0 saturated carbocycles. The quantitative estimate of drug-likeness (QED) is 0.665. The number of nitrogens with two attached hydrogens (primary N) is 1. The molecule has 1 aromatic rings. The average molecular weight is 267 g/mol. The zero-order valence-electron chi connectivity index (χ0n) is 11.0. The van der Waals surface area contributed by atoms with E-state index in [1.54, 1.807) is 6.08 Å². The van der Waals surface area contributed by atoms with Gasteiger partial charge in [-0.2, -0.15) is 0 Å². The van der Waals surface area contributed by atoms with Crippen molar-refractivity contribution in [3.63, 3.8) is 0 Å². The predicted octanol–water partition coefficient (Wildman–Crippen LogP) is 2.85. The molecule has 0 unspecified atom stereocenters. The van der Waals surface area contributed by atoms with E-state index in [4.69, 9.17) is 5.73 Å². The summed E-state index contributed by atoms with van der Waals surface area (Å²) in [4.78, 5) is 12.4. The second-order valence-corrected chi connectivity index (χ2v) is 5.10. The van der Waals surface area contributed by atoms with E-state index in [9.17, 15) is 4.79 Å². The summed E-state index contributed by atoms with van der Waals surface area (Å²) < 4.78 is 0. The van der Waals surface area contributed by atoms with Crippen molar-refractivity contribution in [3.05, 3.63) is 23.6 Å². The van der Waals surface area contributed by atoms with Gasteiger partial charge >= 0.3 is 0 Å². The van der Waals surface area contributed by atoms with Crippen LogP contribution in [0.3, 0.4) is 0 Å². The summed E-state index contributed by atoms with van der Waals surface area (Å²) in [6, 6.07) is 2.25. The SMILES string of the molecule is C=CCNC(=O)c1sc(NC(CC)CC)cc1N. The van der Waals surface area contributed by atoms with Gasteiger partial charge in [-0.1, -0.05) is 19.9 Å². The van der Waals surface area contributed by atoms with E-state index < -0.39 is 0 Å². The topological polar surface area (TPSA) is 67.2 Å². The highest BCUT2D eigenvalue weighted by atomic mass is 32.1. The monoisotopic (exact) mass is 267 g/mol. The van der Waals surface area contributed by atoms with Gasteiger partial charge < -0.3 is 16.4 Å². The molecule has 18 heavy (non-hydrogen) atoms. The summed E-state index contributed by atoms with van der Waals surface area (Å²) in [5.41, 5.74) is 6.38. The molecule has 0 aliphatic carbocycles. The van der Waals surface area contributed by atoms with Crippen LogP contribution in [0.1, 0.15) is 36.4 Å². The van der Waals surface area contributed by atoms with Gasteiger partial charge in [0.1, 0.15) is 4.88 Å². The largest absolute Gasteiger partial charge is 0.397 e. The van der Waals surface area contributed by atoms with E-state index >= 15 is 0 Å². The molecular formula is C13H21N3OS. The molecule has 0 bridgehead atoms. The fourth-order valence-corrected chi connectivity index (χ4v) is 2.57. The molecule has 1 rings (SSSR count). The van der Waals surface area contributed by atoms with E-state index in [2.05, 4.69) is 31.1 Å². The summed E-state index contributed by atoms with van der Waals surface area (Å²) in [6.45, 7) is 8.28. The standard InChI is InChI=1S/C13H21N3OS/c1-4-7-15-13(17)12-10(14)8-11(18-12)16-9(5-2)6-3/h4,8-9,16H,1,5-7,14H2,2-3H3,(H,15,17). The van der Waals surface area contributed by atoms with Crippen molar-refractivity contribution in [2.24, 2.45) is 0 Å². The Morgan fingerprint density at radius 1 is 1.56 bits per heavy atom. The Kier molecular flexibility index (Phi) is 5.71. The molecule has 0 radical (unpaired) electrons. The van der Waals surface area contributed by atoms with Crippen molar-refractivity contribution >= 4 is 27.9 Å². The Morgan fingerprint density at radius 2 is 2.22 bits per heavy atom. The molecule has 0 aliphatic rings. The fraction of sp³-hybridized carbons (Fsp3) is 0.462. The van der Waals surface area contributed by atoms with Crippen LogP contribution in [0.15, 0.2) is 18.7 Å². The van der Waals surface area contributed by atoms with Crippen molar-refractivity contribution in [3.8, 4) is 0 Å². The Balaban J connectivity index is 2.74. The maximum absolute atomic E-state index is 11.8. The maximum atomic E-state index is 11.8. The summed E-state index contributed by atoms with van der Waals surface area (Å²) >= 11 is 1.39. The van der Waals surface area contributed by atoms with Crippen LogP contribution in [0, 0.1) is 0 Å². The van der Waals surface area contributed by atoms with Crippen LogP contribution in [0.5, 0.6) is 0 Å². The maximum Gasteiger partial charge on any atom is 0.263 e. The van der Waals surface area contributed by atoms with Gasteiger partial charge in [-0.25, -0.2) is 0 Å². The van der Waals surface area contributed by atoms with Crippen LogP contribution in [0.2, 0.25) is 0 Å². The van der Waals surface area contributed by atoms with E-state index in [-0.39, 0.29) is 5.91 Å². The summed E-state index contributed by atoms with van der Waals surface area (Å²) in [5, 5.41) is 7.07. The lowest BCUT2D eigenvalue weighted by atomic mass is 10.2. The number of hydrogen-bond acceptors (Lipinski definition) is 4. The lowest BCUT2D eigenvalue weighted by Gasteiger charge is -2.13. The van der Waals surface area contributed by atoms with E-state index in [0.717, 1.165) is 17.8 Å². The molecule has 1 heterocycles. The van der Waals surface area contributed by atoms with Gasteiger partial charge in [0, 0.05) is 12.6 Å². The minimum Gasteiger partial charge on any atom is -0.397 e. The van der Waals surface area contributed by atoms with Gasteiger partial charge in [-0.3, -0.25) is 4.79 Å². The van der Waals surface area contributed by atoms with Crippen molar-refractivity contribution < 1.29 is 4.79 Å². The molecule has 4 nitrogen and oxygen atoms in total. The predicted molar refractivity (Wildman–Crippen MR) is 79.3 cm³/mol. The molecule has 1 aromatic heterocycles. The van der Waals surface area contributed by atoms with Gasteiger partial charge in [-0.15, -0.1) is 17.9 Å². The minimum absolute atomic E-state index is 0.144. The number of nitrogen functional groups attached to an aromatic ring is 1. The van der Waals surface area contributed by atoms with Crippen LogP contribution in [-0.2, 0) is 0 Å². The zero-order valence-corrected chi connectivity index (χ0v) is 11.8. The molecule has 0 aromatic carbocycles. The molecule has 5 heteroatoms. The Hall–Kier alpha value is -1.49. The van der Waals surface area contributed by atoms with E-state index in [1.165, 1.54) is 11.3 Å².